The number of para-hydroxylation sites is 1. The van der Waals surface area contributed by atoms with E-state index in [9.17, 15) is 4.79 Å². The molecular formula is C18H15ClN2O2. The minimum Gasteiger partial charge on any atom is -0.478 e. The molecule has 5 heteroatoms. The number of halogens is 1. The number of benzene rings is 2. The van der Waals surface area contributed by atoms with Crippen molar-refractivity contribution in [2.24, 2.45) is 0 Å². The summed E-state index contributed by atoms with van der Waals surface area (Å²) in [6, 6.07) is 16.7. The zero-order chi connectivity index (χ0) is 16.2. The van der Waals surface area contributed by atoms with E-state index in [2.05, 4.69) is 10.3 Å². The lowest BCUT2D eigenvalue weighted by atomic mass is 10.1. The number of carboxylic acid groups (broad SMARTS) is 1. The summed E-state index contributed by atoms with van der Waals surface area (Å²) >= 11 is 6.22. The Bertz CT molecular complexity index is 847. The first-order chi connectivity index (χ1) is 11.1. The SMILES string of the molecule is O=C(O)c1ccc(CNCc2cc3ccccc3nc2Cl)cc1. The number of nitrogens with one attached hydrogen (secondary N) is 1. The molecule has 1 aromatic heterocycles. The van der Waals surface area contributed by atoms with E-state index in [-0.39, 0.29) is 5.56 Å². The van der Waals surface area contributed by atoms with Gasteiger partial charge in [0.05, 0.1) is 11.1 Å². The van der Waals surface area contributed by atoms with Crippen LogP contribution in [0.3, 0.4) is 0 Å². The molecule has 1 heterocycles. The summed E-state index contributed by atoms with van der Waals surface area (Å²) < 4.78 is 0. The molecule has 0 fully saturated rings. The number of carboxylic acids is 1. The van der Waals surface area contributed by atoms with Gasteiger partial charge in [0.2, 0.25) is 0 Å². The maximum absolute atomic E-state index is 10.8. The second kappa shape index (κ2) is 6.77. The van der Waals surface area contributed by atoms with Crippen LogP contribution in [0.1, 0.15) is 21.5 Å². The Morgan fingerprint density at radius 1 is 1.09 bits per heavy atom. The average molecular weight is 327 g/mol. The Balaban J connectivity index is 1.66. The van der Waals surface area contributed by atoms with Gasteiger partial charge in [0, 0.05) is 24.0 Å². The molecule has 0 radical (unpaired) electrons. The van der Waals surface area contributed by atoms with E-state index >= 15 is 0 Å². The molecule has 23 heavy (non-hydrogen) atoms. The van der Waals surface area contributed by atoms with Gasteiger partial charge in [0.25, 0.3) is 0 Å². The van der Waals surface area contributed by atoms with Gasteiger partial charge in [-0.15, -0.1) is 0 Å². The monoisotopic (exact) mass is 326 g/mol. The number of aromatic carboxylic acids is 1. The van der Waals surface area contributed by atoms with E-state index in [4.69, 9.17) is 16.7 Å². The van der Waals surface area contributed by atoms with Crippen LogP contribution in [0.15, 0.2) is 54.6 Å². The second-order valence-corrected chi connectivity index (χ2v) is 5.59. The minimum absolute atomic E-state index is 0.288. The predicted molar refractivity (Wildman–Crippen MR) is 90.7 cm³/mol. The molecule has 0 aliphatic rings. The molecule has 2 aromatic carbocycles. The smallest absolute Gasteiger partial charge is 0.335 e. The lowest BCUT2D eigenvalue weighted by Crippen LogP contribution is -2.13. The highest BCUT2D eigenvalue weighted by atomic mass is 35.5. The van der Waals surface area contributed by atoms with Gasteiger partial charge < -0.3 is 10.4 Å². The zero-order valence-corrected chi connectivity index (χ0v) is 13.0. The maximum Gasteiger partial charge on any atom is 0.335 e. The molecule has 0 atom stereocenters. The van der Waals surface area contributed by atoms with E-state index in [1.807, 2.05) is 30.3 Å². The Labute approximate surface area is 138 Å². The van der Waals surface area contributed by atoms with Crippen molar-refractivity contribution < 1.29 is 9.90 Å². The number of fused-ring (bicyclic) bond motifs is 1. The van der Waals surface area contributed by atoms with E-state index in [0.29, 0.717) is 18.2 Å². The van der Waals surface area contributed by atoms with Gasteiger partial charge in [0.1, 0.15) is 5.15 Å². The third-order valence-corrected chi connectivity index (χ3v) is 3.92. The van der Waals surface area contributed by atoms with Gasteiger partial charge in [0.15, 0.2) is 0 Å². The van der Waals surface area contributed by atoms with Gasteiger partial charge in [-0.2, -0.15) is 0 Å². The molecule has 0 bridgehead atoms. The van der Waals surface area contributed by atoms with E-state index in [0.717, 1.165) is 22.0 Å². The fourth-order valence-electron chi connectivity index (χ4n) is 2.37. The van der Waals surface area contributed by atoms with Crippen LogP contribution in [0.25, 0.3) is 10.9 Å². The summed E-state index contributed by atoms with van der Waals surface area (Å²) in [5.74, 6) is -0.918. The summed E-state index contributed by atoms with van der Waals surface area (Å²) in [4.78, 5) is 15.2. The number of carbonyl (C=O) groups is 1. The molecule has 0 aliphatic carbocycles. The third kappa shape index (κ3) is 3.67. The highest BCUT2D eigenvalue weighted by Crippen LogP contribution is 2.20. The predicted octanol–water partition coefficient (Wildman–Crippen LogP) is 3.88. The van der Waals surface area contributed by atoms with Gasteiger partial charge in [-0.05, 0) is 29.8 Å². The van der Waals surface area contributed by atoms with Crippen LogP contribution in [-0.2, 0) is 13.1 Å². The molecule has 2 N–H and O–H groups in total. The number of rotatable bonds is 5. The number of nitrogens with zero attached hydrogens (tertiary/aromatic N) is 1. The molecular weight excluding hydrogens is 312 g/mol. The van der Waals surface area contributed by atoms with Crippen LogP contribution in [0, 0.1) is 0 Å². The molecule has 3 rings (SSSR count). The molecule has 0 aliphatic heterocycles. The molecule has 0 saturated carbocycles. The van der Waals surface area contributed by atoms with E-state index in [1.165, 1.54) is 0 Å². The van der Waals surface area contributed by atoms with E-state index < -0.39 is 5.97 Å². The van der Waals surface area contributed by atoms with Gasteiger partial charge in [-0.25, -0.2) is 9.78 Å². The van der Waals surface area contributed by atoms with Crippen molar-refractivity contribution in [3.8, 4) is 0 Å². The fraction of sp³-hybridized carbons (Fsp3) is 0.111. The molecule has 4 nitrogen and oxygen atoms in total. The van der Waals surface area contributed by atoms with Crippen molar-refractivity contribution in [1.82, 2.24) is 10.3 Å². The summed E-state index contributed by atoms with van der Waals surface area (Å²) in [6.45, 7) is 1.22. The summed E-state index contributed by atoms with van der Waals surface area (Å²) in [6.07, 6.45) is 0. The van der Waals surface area contributed by atoms with Crippen LogP contribution in [0.2, 0.25) is 5.15 Å². The topological polar surface area (TPSA) is 62.2 Å². The lowest BCUT2D eigenvalue weighted by Gasteiger charge is -2.08. The highest BCUT2D eigenvalue weighted by Gasteiger charge is 2.05. The number of aromatic nitrogens is 1. The second-order valence-electron chi connectivity index (χ2n) is 5.24. The maximum atomic E-state index is 10.8. The van der Waals surface area contributed by atoms with Crippen LogP contribution in [0.4, 0.5) is 0 Å². The molecule has 0 saturated heterocycles. The number of pyridine rings is 1. The first-order valence-corrected chi connectivity index (χ1v) is 7.58. The standard InChI is InChI=1S/C18H15ClN2O2/c19-17-15(9-14-3-1-2-4-16(14)21-17)11-20-10-12-5-7-13(8-6-12)18(22)23/h1-9,20H,10-11H2,(H,22,23). The Kier molecular flexibility index (Phi) is 4.55. The molecule has 0 amide bonds. The minimum atomic E-state index is -0.918. The fourth-order valence-corrected chi connectivity index (χ4v) is 2.58. The van der Waals surface area contributed by atoms with Crippen molar-refractivity contribution in [3.63, 3.8) is 0 Å². The summed E-state index contributed by atoms with van der Waals surface area (Å²) in [5, 5.41) is 13.7. The molecule has 0 spiro atoms. The Morgan fingerprint density at radius 2 is 1.83 bits per heavy atom. The summed E-state index contributed by atoms with van der Waals surface area (Å²) in [7, 11) is 0. The average Bonchev–Trinajstić information content (AvgIpc) is 2.56. The van der Waals surface area contributed by atoms with Crippen LogP contribution in [0.5, 0.6) is 0 Å². The van der Waals surface area contributed by atoms with Crippen molar-refractivity contribution in [1.29, 1.82) is 0 Å². The zero-order valence-electron chi connectivity index (χ0n) is 12.3. The normalized spacial score (nSPS) is 10.8. The first-order valence-electron chi connectivity index (χ1n) is 7.20. The van der Waals surface area contributed by atoms with E-state index in [1.54, 1.807) is 24.3 Å². The number of hydrogen-bond donors (Lipinski definition) is 2. The van der Waals surface area contributed by atoms with Crippen molar-refractivity contribution in [2.45, 2.75) is 13.1 Å². The third-order valence-electron chi connectivity index (χ3n) is 3.60. The van der Waals surface area contributed by atoms with Crippen molar-refractivity contribution >= 4 is 28.5 Å². The van der Waals surface area contributed by atoms with Crippen LogP contribution in [-0.4, -0.2) is 16.1 Å². The van der Waals surface area contributed by atoms with Crippen molar-refractivity contribution in [3.05, 3.63) is 76.4 Å². The lowest BCUT2D eigenvalue weighted by molar-refractivity contribution is 0.0697. The van der Waals surface area contributed by atoms with Crippen LogP contribution >= 0.6 is 11.6 Å². The Morgan fingerprint density at radius 3 is 2.57 bits per heavy atom. The van der Waals surface area contributed by atoms with Gasteiger partial charge in [-0.1, -0.05) is 41.9 Å². The largest absolute Gasteiger partial charge is 0.478 e. The molecule has 3 aromatic rings. The summed E-state index contributed by atoms with van der Waals surface area (Å²) in [5.41, 5.74) is 3.12. The Hall–Kier alpha value is -2.43. The first kappa shape index (κ1) is 15.5. The quantitative estimate of drug-likeness (QED) is 0.698. The molecule has 116 valence electrons. The molecule has 0 unspecified atom stereocenters. The van der Waals surface area contributed by atoms with Crippen molar-refractivity contribution in [2.75, 3.05) is 0 Å². The van der Waals surface area contributed by atoms with Crippen LogP contribution < -0.4 is 5.32 Å². The number of hydrogen-bond acceptors (Lipinski definition) is 3. The van der Waals surface area contributed by atoms with Gasteiger partial charge in [-0.3, -0.25) is 0 Å². The van der Waals surface area contributed by atoms with Gasteiger partial charge >= 0.3 is 5.97 Å². The highest BCUT2D eigenvalue weighted by molar-refractivity contribution is 6.30.